The minimum Gasteiger partial charge on any atom is -0.479 e. The van der Waals surface area contributed by atoms with Crippen LogP contribution in [0.4, 0.5) is 5.69 Å². The van der Waals surface area contributed by atoms with Gasteiger partial charge in [-0.05, 0) is 28.7 Å². The second-order valence-electron chi connectivity index (χ2n) is 1.99. The molecule has 0 aromatic heterocycles. The molecule has 0 aliphatic heterocycles. The summed E-state index contributed by atoms with van der Waals surface area (Å²) in [6.07, 6.45) is 0. The molecule has 0 amide bonds. The molecule has 0 heterocycles. The number of nitrogens with zero attached hydrogens (tertiary/aromatic N) is 1. The first-order valence-corrected chi connectivity index (χ1v) is 4.51. The molecule has 0 saturated carbocycles. The fourth-order valence-electron chi connectivity index (χ4n) is 0.699. The highest BCUT2D eigenvalue weighted by atomic mass is 127. The van der Waals surface area contributed by atoms with Crippen molar-refractivity contribution in [1.82, 2.24) is 0 Å². The van der Waals surface area contributed by atoms with Crippen molar-refractivity contribution in [2.24, 2.45) is 0 Å². The van der Waals surface area contributed by atoms with Crippen molar-refractivity contribution in [1.29, 1.82) is 0 Å². The highest BCUT2D eigenvalue weighted by molar-refractivity contribution is 14.1. The zero-order chi connectivity index (χ0) is 9.14. The molecule has 0 N–H and O–H groups in total. The van der Waals surface area contributed by atoms with Gasteiger partial charge in [0.2, 0.25) is 0 Å². The Morgan fingerprint density at radius 2 is 2.25 bits per heavy atom. The SMILES string of the molecule is O=[N+]([O-])c1ccc(OP)c(I)c1. The van der Waals surface area contributed by atoms with E-state index >= 15 is 0 Å². The second kappa shape index (κ2) is 4.00. The summed E-state index contributed by atoms with van der Waals surface area (Å²) in [6.45, 7) is 0. The predicted molar refractivity (Wildman–Crippen MR) is 56.2 cm³/mol. The van der Waals surface area contributed by atoms with Crippen LogP contribution in [-0.4, -0.2) is 4.92 Å². The van der Waals surface area contributed by atoms with Crippen LogP contribution < -0.4 is 4.52 Å². The number of hydrogen-bond donors (Lipinski definition) is 0. The molecule has 0 aliphatic rings. The van der Waals surface area contributed by atoms with Gasteiger partial charge >= 0.3 is 0 Å². The summed E-state index contributed by atoms with van der Waals surface area (Å²) < 4.78 is 5.59. The summed E-state index contributed by atoms with van der Waals surface area (Å²) in [4.78, 5) is 9.87. The fourth-order valence-corrected chi connectivity index (χ4v) is 1.77. The molecule has 0 aliphatic carbocycles. The topological polar surface area (TPSA) is 52.4 Å². The van der Waals surface area contributed by atoms with Crippen LogP contribution in [0.15, 0.2) is 18.2 Å². The molecular weight excluding hydrogens is 292 g/mol. The lowest BCUT2D eigenvalue weighted by molar-refractivity contribution is -0.385. The van der Waals surface area contributed by atoms with Gasteiger partial charge in [0.15, 0.2) is 0 Å². The maximum atomic E-state index is 10.3. The number of rotatable bonds is 2. The van der Waals surface area contributed by atoms with Gasteiger partial charge in [-0.15, -0.1) is 0 Å². The van der Waals surface area contributed by atoms with E-state index in [1.165, 1.54) is 12.1 Å². The number of nitro benzene ring substituents is 1. The monoisotopic (exact) mass is 297 g/mol. The van der Waals surface area contributed by atoms with Gasteiger partial charge in [-0.25, -0.2) is 0 Å². The Bertz CT molecular complexity index is 318. The van der Waals surface area contributed by atoms with E-state index in [4.69, 9.17) is 4.52 Å². The Morgan fingerprint density at radius 3 is 2.67 bits per heavy atom. The van der Waals surface area contributed by atoms with E-state index in [0.29, 0.717) is 5.75 Å². The first kappa shape index (κ1) is 9.67. The molecule has 1 aromatic rings. The van der Waals surface area contributed by atoms with Gasteiger partial charge < -0.3 is 4.52 Å². The van der Waals surface area contributed by atoms with Crippen LogP contribution in [0.5, 0.6) is 5.75 Å². The average molecular weight is 297 g/mol. The smallest absolute Gasteiger partial charge is 0.270 e. The molecule has 4 nitrogen and oxygen atoms in total. The lowest BCUT2D eigenvalue weighted by Crippen LogP contribution is -1.89. The van der Waals surface area contributed by atoms with Gasteiger partial charge in [0.1, 0.15) is 5.75 Å². The molecule has 1 aromatic carbocycles. The van der Waals surface area contributed by atoms with Crippen LogP contribution in [-0.2, 0) is 0 Å². The van der Waals surface area contributed by atoms with Crippen LogP contribution >= 0.6 is 32.1 Å². The van der Waals surface area contributed by atoms with Crippen molar-refractivity contribution >= 4 is 37.7 Å². The minimum atomic E-state index is -0.436. The molecule has 1 atom stereocenters. The molecule has 1 rings (SSSR count). The van der Waals surface area contributed by atoms with Crippen LogP contribution in [0.3, 0.4) is 0 Å². The van der Waals surface area contributed by atoms with Gasteiger partial charge in [0, 0.05) is 12.1 Å². The normalized spacial score (nSPS) is 9.50. The van der Waals surface area contributed by atoms with E-state index in [0.717, 1.165) is 3.57 Å². The Labute approximate surface area is 84.9 Å². The number of non-ortho nitro benzene ring substituents is 1. The van der Waals surface area contributed by atoms with Crippen molar-refractivity contribution in [3.63, 3.8) is 0 Å². The summed E-state index contributed by atoms with van der Waals surface area (Å²) in [6, 6.07) is 4.43. The highest BCUT2D eigenvalue weighted by Gasteiger charge is 2.08. The summed E-state index contributed by atoms with van der Waals surface area (Å²) >= 11 is 1.98. The van der Waals surface area contributed by atoms with Gasteiger partial charge in [-0.3, -0.25) is 10.1 Å². The second-order valence-corrected chi connectivity index (χ2v) is 3.39. The molecule has 1 unspecified atom stereocenters. The van der Waals surface area contributed by atoms with E-state index in [1.54, 1.807) is 6.07 Å². The van der Waals surface area contributed by atoms with Crippen molar-refractivity contribution in [3.05, 3.63) is 31.9 Å². The zero-order valence-corrected chi connectivity index (χ0v) is 9.17. The third-order valence-corrected chi connectivity index (χ3v) is 2.35. The van der Waals surface area contributed by atoms with E-state index in [9.17, 15) is 10.1 Å². The van der Waals surface area contributed by atoms with Crippen molar-refractivity contribution < 1.29 is 9.45 Å². The van der Waals surface area contributed by atoms with E-state index in [1.807, 2.05) is 22.6 Å². The quantitative estimate of drug-likeness (QED) is 0.364. The first-order chi connectivity index (χ1) is 5.65. The summed E-state index contributed by atoms with van der Waals surface area (Å²) in [5.41, 5.74) is 0.0743. The van der Waals surface area contributed by atoms with Gasteiger partial charge in [0.05, 0.1) is 18.0 Å². The molecule has 0 bridgehead atoms. The first-order valence-electron chi connectivity index (χ1n) is 2.96. The number of hydrogen-bond acceptors (Lipinski definition) is 3. The molecule has 0 fully saturated rings. The molecule has 0 spiro atoms. The van der Waals surface area contributed by atoms with Gasteiger partial charge in [0.25, 0.3) is 5.69 Å². The van der Waals surface area contributed by atoms with Crippen molar-refractivity contribution in [3.8, 4) is 5.75 Å². The van der Waals surface area contributed by atoms with Crippen molar-refractivity contribution in [2.75, 3.05) is 0 Å². The van der Waals surface area contributed by atoms with Gasteiger partial charge in [-0.2, -0.15) is 0 Å². The zero-order valence-electron chi connectivity index (χ0n) is 5.86. The summed E-state index contributed by atoms with van der Waals surface area (Å²) in [5, 5.41) is 10.3. The van der Waals surface area contributed by atoms with Crippen LogP contribution in [0.1, 0.15) is 0 Å². The average Bonchev–Trinajstić information content (AvgIpc) is 2.04. The molecule has 64 valence electrons. The molecule has 0 saturated heterocycles. The maximum absolute atomic E-state index is 10.3. The number of benzene rings is 1. The summed E-state index contributed by atoms with van der Waals surface area (Å²) in [5.74, 6) is 0.617. The minimum absolute atomic E-state index is 0.0743. The third kappa shape index (κ3) is 2.04. The third-order valence-electron chi connectivity index (χ3n) is 1.25. The molecule has 0 radical (unpaired) electrons. The largest absolute Gasteiger partial charge is 0.479 e. The summed E-state index contributed by atoms with van der Waals surface area (Å²) in [7, 11) is 2.09. The van der Waals surface area contributed by atoms with Gasteiger partial charge in [-0.1, -0.05) is 0 Å². The molecular formula is C6H5INO3P. The molecule has 6 heteroatoms. The fraction of sp³-hybridized carbons (Fsp3) is 0. The van der Waals surface area contributed by atoms with E-state index in [-0.39, 0.29) is 5.69 Å². The lowest BCUT2D eigenvalue weighted by Gasteiger charge is -2.00. The lowest BCUT2D eigenvalue weighted by atomic mass is 10.3. The highest BCUT2D eigenvalue weighted by Crippen LogP contribution is 2.26. The number of nitro groups is 1. The predicted octanol–water partition coefficient (Wildman–Crippen LogP) is 2.37. The number of halogens is 1. The Kier molecular flexibility index (Phi) is 3.22. The Morgan fingerprint density at radius 1 is 1.58 bits per heavy atom. The Balaban J connectivity index is 3.10. The van der Waals surface area contributed by atoms with E-state index < -0.39 is 4.92 Å². The standard InChI is InChI=1S/C6H5INO3P/c7-5-3-4(8(9)10)1-2-6(5)11-12/h1-3H,12H2. The van der Waals surface area contributed by atoms with E-state index in [2.05, 4.69) is 9.47 Å². The van der Waals surface area contributed by atoms with Crippen LogP contribution in [0.2, 0.25) is 0 Å². The van der Waals surface area contributed by atoms with Crippen LogP contribution in [0.25, 0.3) is 0 Å². The Hall–Kier alpha value is -0.420. The molecule has 12 heavy (non-hydrogen) atoms. The van der Waals surface area contributed by atoms with Crippen LogP contribution in [0, 0.1) is 13.7 Å². The maximum Gasteiger partial charge on any atom is 0.270 e. The van der Waals surface area contributed by atoms with Crippen molar-refractivity contribution in [2.45, 2.75) is 0 Å².